The Morgan fingerprint density at radius 1 is 1.06 bits per heavy atom. The van der Waals surface area contributed by atoms with E-state index < -0.39 is 0 Å². The highest BCUT2D eigenvalue weighted by Crippen LogP contribution is 2.36. The predicted octanol–water partition coefficient (Wildman–Crippen LogP) is 4.64. The third-order valence-electron chi connectivity index (χ3n) is 5.61. The van der Waals surface area contributed by atoms with Crippen LogP contribution in [-0.2, 0) is 6.54 Å². The quantitative estimate of drug-likeness (QED) is 0.411. The Morgan fingerprint density at radius 3 is 2.47 bits per heavy atom. The summed E-state index contributed by atoms with van der Waals surface area (Å²) < 4.78 is 13.1. The summed E-state index contributed by atoms with van der Waals surface area (Å²) in [5, 5.41) is 7.73. The maximum absolute atomic E-state index is 13.4. The fraction of sp³-hybridized carbons (Fsp3) is 0.348. The van der Waals surface area contributed by atoms with Crippen molar-refractivity contribution in [3.8, 4) is 22.1 Å². The van der Waals surface area contributed by atoms with Gasteiger partial charge in [0.15, 0.2) is 10.6 Å². The summed E-state index contributed by atoms with van der Waals surface area (Å²) in [6, 6.07) is 9.64. The summed E-state index contributed by atoms with van der Waals surface area (Å²) >= 11 is 3.19. The number of rotatable bonds is 6. The fourth-order valence-electron chi connectivity index (χ4n) is 3.98. The molecule has 0 unspecified atom stereocenters. The topological polar surface area (TPSA) is 69.5 Å². The minimum atomic E-state index is -0.179. The molecule has 0 saturated carbocycles. The molecule has 0 atom stereocenters. The van der Waals surface area contributed by atoms with Gasteiger partial charge in [0.05, 0.1) is 30.3 Å². The molecule has 5 rings (SSSR count). The number of piperidine rings is 1. The van der Waals surface area contributed by atoms with E-state index in [0.717, 1.165) is 51.9 Å². The first-order valence-electron chi connectivity index (χ1n) is 10.6. The molecule has 166 valence electrons. The average molecular weight is 469 g/mol. The van der Waals surface area contributed by atoms with Crippen molar-refractivity contribution in [1.82, 2.24) is 14.8 Å². The summed E-state index contributed by atoms with van der Waals surface area (Å²) in [5.74, 6) is 1.35. The molecule has 0 N–H and O–H groups in total. The van der Waals surface area contributed by atoms with Gasteiger partial charge in [0.2, 0.25) is 0 Å². The maximum atomic E-state index is 13.4. The van der Waals surface area contributed by atoms with E-state index in [1.807, 2.05) is 35.7 Å². The summed E-state index contributed by atoms with van der Waals surface area (Å²) in [6.07, 6.45) is 3.57. The Balaban J connectivity index is 1.63. The van der Waals surface area contributed by atoms with E-state index in [2.05, 4.69) is 4.90 Å². The SMILES string of the molecule is COc1cc(Cn2nc(-c3cccs3)c3sc(N4CCCCC4)nc3c2=O)cc(OC)c1. The Morgan fingerprint density at radius 2 is 1.81 bits per heavy atom. The number of hydrogen-bond acceptors (Lipinski definition) is 8. The van der Waals surface area contributed by atoms with Crippen LogP contribution >= 0.6 is 22.7 Å². The van der Waals surface area contributed by atoms with Crippen molar-refractivity contribution < 1.29 is 9.47 Å². The van der Waals surface area contributed by atoms with Crippen molar-refractivity contribution in [3.63, 3.8) is 0 Å². The second-order valence-corrected chi connectivity index (χ2v) is 9.66. The van der Waals surface area contributed by atoms with Crippen molar-refractivity contribution in [3.05, 3.63) is 51.6 Å². The van der Waals surface area contributed by atoms with Crippen LogP contribution in [0.3, 0.4) is 0 Å². The highest BCUT2D eigenvalue weighted by Gasteiger charge is 2.22. The van der Waals surface area contributed by atoms with Gasteiger partial charge < -0.3 is 14.4 Å². The van der Waals surface area contributed by atoms with Gasteiger partial charge in [-0.2, -0.15) is 5.10 Å². The van der Waals surface area contributed by atoms with Crippen LogP contribution in [0, 0.1) is 0 Å². The summed E-state index contributed by atoms with van der Waals surface area (Å²) in [5.41, 5.74) is 1.99. The zero-order valence-corrected chi connectivity index (χ0v) is 19.7. The molecule has 1 aliphatic rings. The molecule has 1 aliphatic heterocycles. The number of methoxy groups -OCH3 is 2. The molecular weight excluding hydrogens is 444 g/mol. The molecular formula is C23H24N4O3S2. The van der Waals surface area contributed by atoms with Gasteiger partial charge >= 0.3 is 0 Å². The van der Waals surface area contributed by atoms with E-state index in [1.54, 1.807) is 36.9 Å². The van der Waals surface area contributed by atoms with Gasteiger partial charge in [-0.05, 0) is 48.4 Å². The van der Waals surface area contributed by atoms with Crippen LogP contribution in [-0.4, -0.2) is 42.1 Å². The largest absolute Gasteiger partial charge is 0.497 e. The fourth-order valence-corrected chi connectivity index (χ4v) is 5.87. The Hall–Kier alpha value is -2.91. The van der Waals surface area contributed by atoms with Gasteiger partial charge in [-0.3, -0.25) is 4.79 Å². The molecule has 0 amide bonds. The lowest BCUT2D eigenvalue weighted by atomic mass is 10.1. The lowest BCUT2D eigenvalue weighted by Crippen LogP contribution is -2.29. The zero-order valence-electron chi connectivity index (χ0n) is 18.0. The molecule has 0 bridgehead atoms. The number of hydrogen-bond donors (Lipinski definition) is 0. The lowest BCUT2D eigenvalue weighted by Gasteiger charge is -2.25. The standard InChI is InChI=1S/C23H24N4O3S2/c1-29-16-11-15(12-17(13-16)30-2)14-27-22(28)20-21(19(25-27)18-7-6-10-31-18)32-23(24-20)26-8-4-3-5-9-26/h6-7,10-13H,3-5,8-9,14H2,1-2H3. The second kappa shape index (κ2) is 8.91. The van der Waals surface area contributed by atoms with Gasteiger partial charge in [0, 0.05) is 19.2 Å². The minimum Gasteiger partial charge on any atom is -0.497 e. The Kier molecular flexibility index (Phi) is 5.84. The number of ether oxygens (including phenoxy) is 2. The highest BCUT2D eigenvalue weighted by atomic mass is 32.1. The van der Waals surface area contributed by atoms with Crippen LogP contribution in [0.4, 0.5) is 5.13 Å². The monoisotopic (exact) mass is 468 g/mol. The van der Waals surface area contributed by atoms with Crippen LogP contribution in [0.15, 0.2) is 40.5 Å². The molecule has 1 aromatic carbocycles. The van der Waals surface area contributed by atoms with Gasteiger partial charge in [-0.1, -0.05) is 17.4 Å². The van der Waals surface area contributed by atoms with E-state index in [0.29, 0.717) is 23.6 Å². The maximum Gasteiger partial charge on any atom is 0.294 e. The summed E-state index contributed by atoms with van der Waals surface area (Å²) in [6.45, 7) is 2.27. The smallest absolute Gasteiger partial charge is 0.294 e. The molecule has 3 aromatic heterocycles. The molecule has 0 spiro atoms. The number of benzene rings is 1. The Bertz CT molecular complexity index is 1270. The van der Waals surface area contributed by atoms with Crippen molar-refractivity contribution in [2.24, 2.45) is 0 Å². The predicted molar refractivity (Wildman–Crippen MR) is 130 cm³/mol. The van der Waals surface area contributed by atoms with Gasteiger partial charge in [-0.15, -0.1) is 11.3 Å². The van der Waals surface area contributed by atoms with Crippen LogP contribution in [0.2, 0.25) is 0 Å². The highest BCUT2D eigenvalue weighted by molar-refractivity contribution is 7.23. The van der Waals surface area contributed by atoms with Crippen LogP contribution in [0.1, 0.15) is 24.8 Å². The first kappa shape index (κ1) is 21.0. The van der Waals surface area contributed by atoms with E-state index in [1.165, 1.54) is 11.1 Å². The lowest BCUT2D eigenvalue weighted by molar-refractivity contribution is 0.393. The number of fused-ring (bicyclic) bond motifs is 1. The molecule has 1 saturated heterocycles. The molecule has 4 heterocycles. The van der Waals surface area contributed by atoms with Crippen molar-refractivity contribution in [1.29, 1.82) is 0 Å². The van der Waals surface area contributed by atoms with Gasteiger partial charge in [0.1, 0.15) is 17.2 Å². The molecule has 0 aliphatic carbocycles. The molecule has 32 heavy (non-hydrogen) atoms. The van der Waals surface area contributed by atoms with Crippen molar-refractivity contribution in [2.75, 3.05) is 32.2 Å². The van der Waals surface area contributed by atoms with Crippen LogP contribution in [0.5, 0.6) is 11.5 Å². The van der Waals surface area contributed by atoms with E-state index in [4.69, 9.17) is 19.6 Å². The average Bonchev–Trinajstić information content (AvgIpc) is 3.52. The molecule has 0 radical (unpaired) electrons. The normalized spacial score (nSPS) is 14.1. The van der Waals surface area contributed by atoms with Gasteiger partial charge in [0.25, 0.3) is 5.56 Å². The molecule has 1 fully saturated rings. The number of anilines is 1. The van der Waals surface area contributed by atoms with Gasteiger partial charge in [-0.25, -0.2) is 9.67 Å². The second-order valence-electron chi connectivity index (χ2n) is 7.73. The summed E-state index contributed by atoms with van der Waals surface area (Å²) in [4.78, 5) is 21.6. The summed E-state index contributed by atoms with van der Waals surface area (Å²) in [7, 11) is 3.22. The molecule has 7 nitrogen and oxygen atoms in total. The molecule has 9 heteroatoms. The minimum absolute atomic E-state index is 0.179. The zero-order chi connectivity index (χ0) is 22.1. The number of thiazole rings is 1. The van der Waals surface area contributed by atoms with Crippen LogP contribution in [0.25, 0.3) is 20.8 Å². The van der Waals surface area contributed by atoms with E-state index in [9.17, 15) is 4.79 Å². The van der Waals surface area contributed by atoms with Crippen molar-refractivity contribution >= 4 is 38.0 Å². The first-order valence-corrected chi connectivity index (χ1v) is 12.3. The number of thiophene rings is 1. The third-order valence-corrected chi connectivity index (χ3v) is 7.61. The number of aromatic nitrogens is 3. The van der Waals surface area contributed by atoms with E-state index in [-0.39, 0.29) is 5.56 Å². The first-order chi connectivity index (χ1) is 15.7. The van der Waals surface area contributed by atoms with Crippen LogP contribution < -0.4 is 19.9 Å². The Labute approximate surface area is 193 Å². The third kappa shape index (κ3) is 3.98. The molecule has 4 aromatic rings. The van der Waals surface area contributed by atoms with Crippen molar-refractivity contribution in [2.45, 2.75) is 25.8 Å². The van der Waals surface area contributed by atoms with E-state index >= 15 is 0 Å². The number of nitrogens with zero attached hydrogens (tertiary/aromatic N) is 4.